The first-order valence-corrected chi connectivity index (χ1v) is 7.71. The molecule has 1 aromatic heterocycles. The minimum atomic E-state index is 0.795. The van der Waals surface area contributed by atoms with Crippen LogP contribution in [0.25, 0.3) is 0 Å². The molecule has 0 saturated heterocycles. The Morgan fingerprint density at radius 2 is 2.12 bits per heavy atom. The monoisotopic (exact) mass is 250 g/mol. The number of hydrogen-bond donors (Lipinski definition) is 1. The van der Waals surface area contributed by atoms with Crippen molar-refractivity contribution >= 4 is 11.8 Å². The molecule has 1 heterocycles. The van der Waals surface area contributed by atoms with Gasteiger partial charge in [-0.3, -0.25) is 0 Å². The summed E-state index contributed by atoms with van der Waals surface area (Å²) in [7, 11) is 0. The summed E-state index contributed by atoms with van der Waals surface area (Å²) in [5.41, 5.74) is 0. The highest BCUT2D eigenvalue weighted by atomic mass is 32.2. The number of pyridine rings is 1. The number of aromatic nitrogens is 1. The fraction of sp³-hybridized carbons (Fsp3) is 0.643. The van der Waals surface area contributed by atoms with Gasteiger partial charge in [0.25, 0.3) is 0 Å². The van der Waals surface area contributed by atoms with Crippen molar-refractivity contribution < 1.29 is 0 Å². The normalized spacial score (nSPS) is 17.2. The summed E-state index contributed by atoms with van der Waals surface area (Å²) in [6.45, 7) is 1.16. The van der Waals surface area contributed by atoms with Gasteiger partial charge in [-0.1, -0.05) is 25.3 Å². The molecule has 2 nitrogen and oxygen atoms in total. The highest BCUT2D eigenvalue weighted by Crippen LogP contribution is 2.18. The minimum absolute atomic E-state index is 0.795. The van der Waals surface area contributed by atoms with Crippen molar-refractivity contribution in [1.82, 2.24) is 10.3 Å². The molecule has 2 rings (SSSR count). The molecule has 3 heteroatoms. The first kappa shape index (κ1) is 12.9. The van der Waals surface area contributed by atoms with Crippen molar-refractivity contribution in [1.29, 1.82) is 0 Å². The summed E-state index contributed by atoms with van der Waals surface area (Å²) in [6, 6.07) is 6.90. The van der Waals surface area contributed by atoms with E-state index in [1.54, 1.807) is 0 Å². The molecule has 0 radical (unpaired) electrons. The second-order valence-electron chi connectivity index (χ2n) is 4.66. The van der Waals surface area contributed by atoms with E-state index >= 15 is 0 Å². The lowest BCUT2D eigenvalue weighted by Gasteiger charge is -2.22. The molecule has 0 unspecified atom stereocenters. The third-order valence-corrected chi connectivity index (χ3v) is 4.28. The van der Waals surface area contributed by atoms with Crippen LogP contribution in [0.15, 0.2) is 29.4 Å². The second kappa shape index (κ2) is 7.72. The Kier molecular flexibility index (Phi) is 5.86. The van der Waals surface area contributed by atoms with Crippen molar-refractivity contribution in [2.24, 2.45) is 0 Å². The van der Waals surface area contributed by atoms with E-state index in [0.717, 1.165) is 23.4 Å². The lowest BCUT2D eigenvalue weighted by Crippen LogP contribution is -2.31. The average molecular weight is 250 g/mol. The van der Waals surface area contributed by atoms with E-state index in [4.69, 9.17) is 0 Å². The van der Waals surface area contributed by atoms with Crippen LogP contribution in [-0.2, 0) is 0 Å². The lowest BCUT2D eigenvalue weighted by atomic mass is 9.95. The Bertz CT molecular complexity index is 296. The SMILES string of the molecule is c1ccc(SCCCNC2CCCCC2)nc1. The topological polar surface area (TPSA) is 24.9 Å². The van der Waals surface area contributed by atoms with Gasteiger partial charge in [-0.05, 0) is 37.9 Å². The molecule has 0 aliphatic heterocycles. The molecule has 1 aliphatic rings. The van der Waals surface area contributed by atoms with Crippen LogP contribution in [0.4, 0.5) is 0 Å². The fourth-order valence-corrected chi connectivity index (χ4v) is 3.10. The lowest BCUT2D eigenvalue weighted by molar-refractivity contribution is 0.375. The van der Waals surface area contributed by atoms with Gasteiger partial charge in [-0.2, -0.15) is 0 Å². The van der Waals surface area contributed by atoms with Crippen molar-refractivity contribution in [2.45, 2.75) is 49.6 Å². The Labute approximate surface area is 109 Å². The summed E-state index contributed by atoms with van der Waals surface area (Å²) >= 11 is 1.86. The summed E-state index contributed by atoms with van der Waals surface area (Å²) in [5, 5.41) is 4.82. The van der Waals surface area contributed by atoms with Crippen LogP contribution in [0.1, 0.15) is 38.5 Å². The van der Waals surface area contributed by atoms with Gasteiger partial charge in [-0.25, -0.2) is 4.98 Å². The van der Waals surface area contributed by atoms with E-state index in [1.807, 2.05) is 24.0 Å². The number of hydrogen-bond acceptors (Lipinski definition) is 3. The van der Waals surface area contributed by atoms with Crippen molar-refractivity contribution in [3.8, 4) is 0 Å². The van der Waals surface area contributed by atoms with Gasteiger partial charge in [0.1, 0.15) is 0 Å². The van der Waals surface area contributed by atoms with Crippen LogP contribution in [-0.4, -0.2) is 23.3 Å². The molecule has 94 valence electrons. The fourth-order valence-electron chi connectivity index (χ4n) is 2.29. The van der Waals surface area contributed by atoms with Crippen LogP contribution < -0.4 is 5.32 Å². The third kappa shape index (κ3) is 5.09. The smallest absolute Gasteiger partial charge is 0.0959 e. The van der Waals surface area contributed by atoms with Gasteiger partial charge >= 0.3 is 0 Å². The van der Waals surface area contributed by atoms with E-state index in [9.17, 15) is 0 Å². The van der Waals surface area contributed by atoms with Gasteiger partial charge < -0.3 is 5.32 Å². The van der Waals surface area contributed by atoms with Crippen molar-refractivity contribution in [2.75, 3.05) is 12.3 Å². The van der Waals surface area contributed by atoms with Gasteiger partial charge in [0.2, 0.25) is 0 Å². The molecule has 0 spiro atoms. The molecule has 0 bridgehead atoms. The predicted octanol–water partition coefficient (Wildman–Crippen LogP) is 3.49. The molecule has 1 N–H and O–H groups in total. The minimum Gasteiger partial charge on any atom is -0.314 e. The van der Waals surface area contributed by atoms with Crippen LogP contribution in [0, 0.1) is 0 Å². The van der Waals surface area contributed by atoms with Crippen LogP contribution in [0.5, 0.6) is 0 Å². The Hall–Kier alpha value is -0.540. The largest absolute Gasteiger partial charge is 0.314 e. The average Bonchev–Trinajstić information content (AvgIpc) is 2.41. The molecule has 0 amide bonds. The molecule has 17 heavy (non-hydrogen) atoms. The highest BCUT2D eigenvalue weighted by Gasteiger charge is 2.11. The summed E-state index contributed by atoms with van der Waals surface area (Å²) in [5.74, 6) is 1.16. The quantitative estimate of drug-likeness (QED) is 0.618. The second-order valence-corrected chi connectivity index (χ2v) is 5.77. The first-order valence-electron chi connectivity index (χ1n) is 6.72. The maximum Gasteiger partial charge on any atom is 0.0959 e. The maximum atomic E-state index is 4.31. The van der Waals surface area contributed by atoms with Gasteiger partial charge in [0.15, 0.2) is 0 Å². The first-order chi connectivity index (χ1) is 8.45. The zero-order valence-corrected chi connectivity index (χ0v) is 11.2. The number of thioether (sulfide) groups is 1. The molecule has 0 aromatic carbocycles. The van der Waals surface area contributed by atoms with E-state index in [0.29, 0.717) is 0 Å². The predicted molar refractivity (Wildman–Crippen MR) is 74.5 cm³/mol. The van der Waals surface area contributed by atoms with E-state index in [1.165, 1.54) is 38.5 Å². The summed E-state index contributed by atoms with van der Waals surface area (Å²) in [6.07, 6.45) is 10.1. The summed E-state index contributed by atoms with van der Waals surface area (Å²) < 4.78 is 0. The highest BCUT2D eigenvalue weighted by molar-refractivity contribution is 7.99. The number of rotatable bonds is 6. The zero-order chi connectivity index (χ0) is 11.8. The molecular formula is C14H22N2S. The molecular weight excluding hydrogens is 228 g/mol. The Morgan fingerprint density at radius 1 is 1.24 bits per heavy atom. The van der Waals surface area contributed by atoms with Crippen molar-refractivity contribution in [3.63, 3.8) is 0 Å². The van der Waals surface area contributed by atoms with Crippen LogP contribution in [0.3, 0.4) is 0 Å². The van der Waals surface area contributed by atoms with E-state index in [-0.39, 0.29) is 0 Å². The molecule has 1 aromatic rings. The Balaban J connectivity index is 1.51. The molecule has 1 fully saturated rings. The van der Waals surface area contributed by atoms with E-state index in [2.05, 4.69) is 22.4 Å². The van der Waals surface area contributed by atoms with Gasteiger partial charge in [0, 0.05) is 18.0 Å². The molecule has 0 atom stereocenters. The number of nitrogens with one attached hydrogen (secondary N) is 1. The van der Waals surface area contributed by atoms with Crippen LogP contribution in [0.2, 0.25) is 0 Å². The Morgan fingerprint density at radius 3 is 2.88 bits per heavy atom. The van der Waals surface area contributed by atoms with Crippen molar-refractivity contribution in [3.05, 3.63) is 24.4 Å². The van der Waals surface area contributed by atoms with E-state index < -0.39 is 0 Å². The summed E-state index contributed by atoms with van der Waals surface area (Å²) in [4.78, 5) is 4.31. The standard InChI is InChI=1S/C14H22N2S/c1-2-7-13(8-3-1)15-11-6-12-17-14-9-4-5-10-16-14/h4-5,9-10,13,15H,1-3,6-8,11-12H2. The molecule has 1 aliphatic carbocycles. The molecule has 1 saturated carbocycles. The third-order valence-electron chi connectivity index (χ3n) is 3.25. The van der Waals surface area contributed by atoms with Gasteiger partial charge in [0.05, 0.1) is 5.03 Å². The maximum absolute atomic E-state index is 4.31. The van der Waals surface area contributed by atoms with Crippen LogP contribution >= 0.6 is 11.8 Å². The number of nitrogens with zero attached hydrogens (tertiary/aromatic N) is 1. The van der Waals surface area contributed by atoms with Gasteiger partial charge in [-0.15, -0.1) is 11.8 Å². The zero-order valence-electron chi connectivity index (χ0n) is 10.4.